The maximum absolute atomic E-state index is 13.5. The van der Waals surface area contributed by atoms with Crippen molar-refractivity contribution in [2.45, 2.75) is 52.2 Å². The fourth-order valence-corrected chi connectivity index (χ4v) is 5.37. The SMILES string of the molecule is CCCOc1ccc([C@H]2C(=C(O)c3ccc4c(c3)C[C@H](C)O4)C(=O)C(=O)N2CCc2ccccc2)cc1OCC. The Bertz CT molecular complexity index is 1430. The first-order valence-electron chi connectivity index (χ1n) is 13.9. The van der Waals surface area contributed by atoms with Crippen LogP contribution in [0.3, 0.4) is 0 Å². The van der Waals surface area contributed by atoms with Crippen LogP contribution in [0.1, 0.15) is 55.5 Å². The predicted octanol–water partition coefficient (Wildman–Crippen LogP) is 5.86. The molecule has 0 aliphatic carbocycles. The number of aliphatic hydroxyl groups is 1. The molecular weight excluding hydrogens is 506 g/mol. The molecule has 0 bridgehead atoms. The Morgan fingerprint density at radius 3 is 2.55 bits per heavy atom. The van der Waals surface area contributed by atoms with Gasteiger partial charge in [-0.2, -0.15) is 0 Å². The molecule has 208 valence electrons. The highest BCUT2D eigenvalue weighted by Crippen LogP contribution is 2.43. The molecule has 2 heterocycles. The third-order valence-electron chi connectivity index (χ3n) is 7.24. The highest BCUT2D eigenvalue weighted by molar-refractivity contribution is 6.46. The Kier molecular flexibility index (Phi) is 8.10. The summed E-state index contributed by atoms with van der Waals surface area (Å²) in [6.45, 7) is 7.18. The molecule has 0 saturated carbocycles. The molecule has 1 saturated heterocycles. The number of ether oxygens (including phenoxy) is 3. The Hall–Kier alpha value is -4.26. The van der Waals surface area contributed by atoms with Gasteiger partial charge < -0.3 is 24.2 Å². The summed E-state index contributed by atoms with van der Waals surface area (Å²) in [6.07, 6.45) is 2.16. The summed E-state index contributed by atoms with van der Waals surface area (Å²) in [4.78, 5) is 28.6. The number of nitrogens with zero attached hydrogens (tertiary/aromatic N) is 1. The second kappa shape index (κ2) is 11.9. The first kappa shape index (κ1) is 27.3. The van der Waals surface area contributed by atoms with Crippen LogP contribution in [-0.2, 0) is 22.4 Å². The van der Waals surface area contributed by atoms with Gasteiger partial charge in [-0.3, -0.25) is 9.59 Å². The highest BCUT2D eigenvalue weighted by atomic mass is 16.5. The number of aliphatic hydroxyl groups excluding tert-OH is 1. The van der Waals surface area contributed by atoms with Crippen molar-refractivity contribution >= 4 is 17.4 Å². The van der Waals surface area contributed by atoms with Crippen molar-refractivity contribution in [1.82, 2.24) is 4.90 Å². The minimum Gasteiger partial charge on any atom is -0.507 e. The number of fused-ring (bicyclic) bond motifs is 1. The van der Waals surface area contributed by atoms with Crippen LogP contribution in [0.25, 0.3) is 5.76 Å². The summed E-state index contributed by atoms with van der Waals surface area (Å²) in [5, 5.41) is 11.6. The molecule has 2 atom stereocenters. The van der Waals surface area contributed by atoms with E-state index in [1.807, 2.05) is 69.3 Å². The number of carbonyl (C=O) groups is 2. The number of benzene rings is 3. The fourth-order valence-electron chi connectivity index (χ4n) is 5.37. The first-order chi connectivity index (χ1) is 19.4. The van der Waals surface area contributed by atoms with E-state index in [1.165, 1.54) is 0 Å². The van der Waals surface area contributed by atoms with Crippen LogP contribution in [0, 0.1) is 0 Å². The quantitative estimate of drug-likeness (QED) is 0.197. The zero-order valence-electron chi connectivity index (χ0n) is 23.2. The number of amides is 1. The van der Waals surface area contributed by atoms with Gasteiger partial charge >= 0.3 is 0 Å². The molecule has 2 aliphatic rings. The number of hydrogen-bond donors (Lipinski definition) is 1. The van der Waals surface area contributed by atoms with Crippen LogP contribution >= 0.6 is 0 Å². The Labute approximate surface area is 235 Å². The van der Waals surface area contributed by atoms with E-state index in [9.17, 15) is 14.7 Å². The lowest BCUT2D eigenvalue weighted by Gasteiger charge is -2.26. The molecule has 0 spiro atoms. The number of carbonyl (C=O) groups excluding carboxylic acids is 2. The van der Waals surface area contributed by atoms with Gasteiger partial charge in [0.25, 0.3) is 11.7 Å². The lowest BCUT2D eigenvalue weighted by atomic mass is 9.94. The maximum atomic E-state index is 13.5. The summed E-state index contributed by atoms with van der Waals surface area (Å²) >= 11 is 0. The minimum atomic E-state index is -0.786. The van der Waals surface area contributed by atoms with Crippen LogP contribution in [0.15, 0.2) is 72.3 Å². The summed E-state index contributed by atoms with van der Waals surface area (Å²) in [5.74, 6) is 0.368. The predicted molar refractivity (Wildman–Crippen MR) is 153 cm³/mol. The van der Waals surface area contributed by atoms with Crippen LogP contribution in [0.5, 0.6) is 17.2 Å². The van der Waals surface area contributed by atoms with Gasteiger partial charge in [-0.25, -0.2) is 0 Å². The van der Waals surface area contributed by atoms with Gasteiger partial charge in [-0.15, -0.1) is 0 Å². The van der Waals surface area contributed by atoms with E-state index in [0.29, 0.717) is 55.2 Å². The molecule has 7 heteroatoms. The molecule has 0 aromatic heterocycles. The Balaban J connectivity index is 1.59. The van der Waals surface area contributed by atoms with Crippen molar-refractivity contribution in [1.29, 1.82) is 0 Å². The van der Waals surface area contributed by atoms with Gasteiger partial charge in [0.2, 0.25) is 0 Å². The number of Topliss-reactive ketones (excluding diaryl/α,β-unsaturated/α-hetero) is 1. The van der Waals surface area contributed by atoms with Crippen LogP contribution in [0.4, 0.5) is 0 Å². The second-order valence-corrected chi connectivity index (χ2v) is 10.2. The second-order valence-electron chi connectivity index (χ2n) is 10.2. The number of ketones is 1. The number of likely N-dealkylation sites (tertiary alicyclic amines) is 1. The van der Waals surface area contributed by atoms with Crippen molar-refractivity contribution in [3.8, 4) is 17.2 Å². The van der Waals surface area contributed by atoms with Crippen molar-refractivity contribution < 1.29 is 28.9 Å². The van der Waals surface area contributed by atoms with Gasteiger partial charge in [0, 0.05) is 18.5 Å². The molecular formula is C33H35NO6. The Morgan fingerprint density at radius 2 is 1.80 bits per heavy atom. The first-order valence-corrected chi connectivity index (χ1v) is 13.9. The summed E-state index contributed by atoms with van der Waals surface area (Å²) in [7, 11) is 0. The monoisotopic (exact) mass is 541 g/mol. The molecule has 1 amide bonds. The van der Waals surface area contributed by atoms with E-state index in [4.69, 9.17) is 14.2 Å². The largest absolute Gasteiger partial charge is 0.507 e. The van der Waals surface area contributed by atoms with Crippen molar-refractivity contribution in [3.63, 3.8) is 0 Å². The average molecular weight is 542 g/mol. The Morgan fingerprint density at radius 1 is 1.00 bits per heavy atom. The van der Waals surface area contributed by atoms with Gasteiger partial charge in [0.05, 0.1) is 24.8 Å². The molecule has 2 aliphatic heterocycles. The normalized spacial score (nSPS) is 19.4. The van der Waals surface area contributed by atoms with Crippen molar-refractivity contribution in [3.05, 3.63) is 94.6 Å². The van der Waals surface area contributed by atoms with E-state index in [-0.39, 0.29) is 17.4 Å². The van der Waals surface area contributed by atoms with E-state index >= 15 is 0 Å². The molecule has 3 aromatic rings. The van der Waals surface area contributed by atoms with Crippen LogP contribution in [0.2, 0.25) is 0 Å². The fraction of sp³-hybridized carbons (Fsp3) is 0.333. The minimum absolute atomic E-state index is 0.0430. The molecule has 3 aromatic carbocycles. The third kappa shape index (κ3) is 5.41. The van der Waals surface area contributed by atoms with Gasteiger partial charge in [0.15, 0.2) is 11.5 Å². The lowest BCUT2D eigenvalue weighted by Crippen LogP contribution is -2.31. The molecule has 40 heavy (non-hydrogen) atoms. The summed E-state index contributed by atoms with van der Waals surface area (Å²) in [5.41, 5.74) is 3.22. The summed E-state index contributed by atoms with van der Waals surface area (Å²) in [6, 6.07) is 19.9. The van der Waals surface area contributed by atoms with E-state index in [1.54, 1.807) is 23.1 Å². The molecule has 1 N–H and O–H groups in total. The topological polar surface area (TPSA) is 85.3 Å². The number of rotatable bonds is 10. The van der Waals surface area contributed by atoms with Crippen molar-refractivity contribution in [2.75, 3.05) is 19.8 Å². The van der Waals surface area contributed by atoms with E-state index < -0.39 is 17.7 Å². The zero-order chi connectivity index (χ0) is 28.2. The van der Waals surface area contributed by atoms with Gasteiger partial charge in [0.1, 0.15) is 17.6 Å². The molecule has 5 rings (SSSR count). The molecule has 1 fully saturated rings. The summed E-state index contributed by atoms with van der Waals surface area (Å²) < 4.78 is 17.6. The third-order valence-corrected chi connectivity index (χ3v) is 7.24. The van der Waals surface area contributed by atoms with Gasteiger partial charge in [-0.05, 0) is 73.7 Å². The van der Waals surface area contributed by atoms with E-state index in [0.717, 1.165) is 23.3 Å². The van der Waals surface area contributed by atoms with Crippen LogP contribution in [-0.4, -0.2) is 47.6 Å². The van der Waals surface area contributed by atoms with Gasteiger partial charge in [-0.1, -0.05) is 43.3 Å². The standard InChI is InChI=1S/C33H35NO6/c1-4-17-39-27-14-11-23(20-28(27)38-5-2)30-29(31(35)24-12-13-26-25(19-24)18-21(3)40-26)32(36)33(37)34(30)16-15-22-9-7-6-8-10-22/h6-14,19-21,30,35H,4-5,15-18H2,1-3H3/t21-,30-/m0/s1. The molecule has 0 radical (unpaired) electrons. The highest BCUT2D eigenvalue weighted by Gasteiger charge is 2.46. The van der Waals surface area contributed by atoms with E-state index in [2.05, 4.69) is 0 Å². The maximum Gasteiger partial charge on any atom is 0.295 e. The molecule has 0 unspecified atom stereocenters. The number of hydrogen-bond acceptors (Lipinski definition) is 6. The smallest absolute Gasteiger partial charge is 0.295 e. The lowest BCUT2D eigenvalue weighted by molar-refractivity contribution is -0.139. The molecule has 7 nitrogen and oxygen atoms in total. The van der Waals surface area contributed by atoms with Crippen molar-refractivity contribution in [2.24, 2.45) is 0 Å². The average Bonchev–Trinajstić information content (AvgIpc) is 3.46. The zero-order valence-corrected chi connectivity index (χ0v) is 23.2. The van der Waals surface area contributed by atoms with Crippen LogP contribution < -0.4 is 14.2 Å².